The third kappa shape index (κ3) is 3.09. The van der Waals surface area contributed by atoms with Gasteiger partial charge in [-0.05, 0) is 26.0 Å². The van der Waals surface area contributed by atoms with Crippen LogP contribution in [0.25, 0.3) is 11.0 Å². The van der Waals surface area contributed by atoms with Crippen LogP contribution in [0, 0.1) is 0 Å². The zero-order chi connectivity index (χ0) is 14.8. The molecular weight excluding hydrogens is 258 g/mol. The minimum atomic E-state index is -0.965. The number of hydrogen-bond acceptors (Lipinski definition) is 4. The first-order valence-electron chi connectivity index (χ1n) is 6.13. The van der Waals surface area contributed by atoms with Gasteiger partial charge in [-0.25, -0.2) is 0 Å². The summed E-state index contributed by atoms with van der Waals surface area (Å²) in [5.74, 6) is -1.32. The molecule has 0 aliphatic rings. The highest BCUT2D eigenvalue weighted by molar-refractivity contribution is 6.04. The van der Waals surface area contributed by atoms with Gasteiger partial charge in [0.05, 0.1) is 17.5 Å². The van der Waals surface area contributed by atoms with Crippen molar-refractivity contribution in [3.63, 3.8) is 0 Å². The van der Waals surface area contributed by atoms with Gasteiger partial charge in [0, 0.05) is 17.9 Å². The molecule has 2 rings (SSSR count). The fourth-order valence-corrected chi connectivity index (χ4v) is 1.97. The van der Waals surface area contributed by atoms with Gasteiger partial charge in [-0.3, -0.25) is 19.6 Å². The lowest BCUT2D eigenvalue weighted by molar-refractivity contribution is -0.138. The summed E-state index contributed by atoms with van der Waals surface area (Å²) >= 11 is 0. The van der Waals surface area contributed by atoms with Gasteiger partial charge in [-0.2, -0.15) is 0 Å². The first kappa shape index (κ1) is 13.9. The van der Waals surface area contributed by atoms with Gasteiger partial charge < -0.3 is 10.4 Å². The molecule has 0 spiro atoms. The highest BCUT2D eigenvalue weighted by Gasteiger charge is 2.25. The SMILES string of the molecule is CC(C)(CC(=O)O)NC(=O)c1cccc2nccnc12. The fraction of sp³-hybridized carbons (Fsp3) is 0.286. The molecule has 0 aliphatic carbocycles. The van der Waals surface area contributed by atoms with Crippen molar-refractivity contribution in [1.29, 1.82) is 0 Å². The van der Waals surface area contributed by atoms with E-state index in [1.54, 1.807) is 38.2 Å². The van der Waals surface area contributed by atoms with Crippen LogP contribution in [0.4, 0.5) is 0 Å². The van der Waals surface area contributed by atoms with Gasteiger partial charge in [-0.15, -0.1) is 0 Å². The Hall–Kier alpha value is -2.50. The lowest BCUT2D eigenvalue weighted by Gasteiger charge is -2.24. The number of carbonyl (C=O) groups is 2. The van der Waals surface area contributed by atoms with Gasteiger partial charge >= 0.3 is 5.97 Å². The Kier molecular flexibility index (Phi) is 3.65. The number of nitrogens with one attached hydrogen (secondary N) is 1. The summed E-state index contributed by atoms with van der Waals surface area (Å²) in [4.78, 5) is 31.3. The van der Waals surface area contributed by atoms with Gasteiger partial charge in [-0.1, -0.05) is 6.07 Å². The van der Waals surface area contributed by atoms with Crippen molar-refractivity contribution in [3.05, 3.63) is 36.2 Å². The van der Waals surface area contributed by atoms with E-state index in [1.165, 1.54) is 6.20 Å². The minimum Gasteiger partial charge on any atom is -0.481 e. The zero-order valence-electron chi connectivity index (χ0n) is 11.3. The van der Waals surface area contributed by atoms with Crippen molar-refractivity contribution in [3.8, 4) is 0 Å². The summed E-state index contributed by atoms with van der Waals surface area (Å²) in [7, 11) is 0. The smallest absolute Gasteiger partial charge is 0.305 e. The third-order valence-corrected chi connectivity index (χ3v) is 2.79. The van der Waals surface area contributed by atoms with Crippen molar-refractivity contribution >= 4 is 22.9 Å². The molecule has 0 aliphatic heterocycles. The Morgan fingerprint density at radius 2 is 1.95 bits per heavy atom. The van der Waals surface area contributed by atoms with Crippen LogP contribution < -0.4 is 5.32 Å². The van der Waals surface area contributed by atoms with E-state index in [4.69, 9.17) is 5.11 Å². The van der Waals surface area contributed by atoms with E-state index in [-0.39, 0.29) is 12.3 Å². The number of carbonyl (C=O) groups excluding carboxylic acids is 1. The average molecular weight is 273 g/mol. The van der Waals surface area contributed by atoms with Crippen LogP contribution >= 0.6 is 0 Å². The molecule has 6 heteroatoms. The van der Waals surface area contributed by atoms with Gasteiger partial charge in [0.1, 0.15) is 5.52 Å². The predicted molar refractivity (Wildman–Crippen MR) is 73.3 cm³/mol. The Bertz CT molecular complexity index is 662. The first-order valence-corrected chi connectivity index (χ1v) is 6.13. The average Bonchev–Trinajstić information content (AvgIpc) is 2.35. The molecule has 1 heterocycles. The number of para-hydroxylation sites is 1. The summed E-state index contributed by atoms with van der Waals surface area (Å²) in [6.07, 6.45) is 2.91. The molecule has 1 amide bonds. The standard InChI is InChI=1S/C14H15N3O3/c1-14(2,8-11(18)19)17-13(20)9-4-3-5-10-12(9)16-7-6-15-10/h3-7H,8H2,1-2H3,(H,17,20)(H,18,19). The predicted octanol–water partition coefficient (Wildman–Crippen LogP) is 1.61. The maximum absolute atomic E-state index is 12.3. The molecule has 104 valence electrons. The Morgan fingerprint density at radius 3 is 2.65 bits per heavy atom. The molecule has 2 aromatic rings. The second-order valence-corrected chi connectivity index (χ2v) is 5.14. The maximum Gasteiger partial charge on any atom is 0.305 e. The molecular formula is C14H15N3O3. The lowest BCUT2D eigenvalue weighted by atomic mass is 10.00. The van der Waals surface area contributed by atoms with E-state index >= 15 is 0 Å². The number of fused-ring (bicyclic) bond motifs is 1. The molecule has 2 N–H and O–H groups in total. The van der Waals surface area contributed by atoms with Gasteiger partial charge in [0.25, 0.3) is 5.91 Å². The first-order chi connectivity index (χ1) is 9.39. The molecule has 0 unspecified atom stereocenters. The number of hydrogen-bond donors (Lipinski definition) is 2. The van der Waals surface area contributed by atoms with Crippen LogP contribution in [0.3, 0.4) is 0 Å². The zero-order valence-corrected chi connectivity index (χ0v) is 11.3. The van der Waals surface area contributed by atoms with Crippen LogP contribution in [-0.2, 0) is 4.79 Å². The summed E-state index contributed by atoms with van der Waals surface area (Å²) in [5, 5.41) is 11.5. The van der Waals surface area contributed by atoms with E-state index in [2.05, 4.69) is 15.3 Å². The van der Waals surface area contributed by atoms with Crippen molar-refractivity contribution in [2.24, 2.45) is 0 Å². The molecule has 20 heavy (non-hydrogen) atoms. The van der Waals surface area contributed by atoms with E-state index < -0.39 is 11.5 Å². The number of carboxylic acid groups (broad SMARTS) is 1. The van der Waals surface area contributed by atoms with Gasteiger partial charge in [0.2, 0.25) is 0 Å². The largest absolute Gasteiger partial charge is 0.481 e. The quantitative estimate of drug-likeness (QED) is 0.883. The van der Waals surface area contributed by atoms with Crippen molar-refractivity contribution in [1.82, 2.24) is 15.3 Å². The van der Waals surface area contributed by atoms with Crippen LogP contribution in [0.15, 0.2) is 30.6 Å². The number of rotatable bonds is 4. The minimum absolute atomic E-state index is 0.158. The molecule has 0 bridgehead atoms. The van der Waals surface area contributed by atoms with E-state index in [0.29, 0.717) is 16.6 Å². The molecule has 0 saturated heterocycles. The van der Waals surface area contributed by atoms with Crippen LogP contribution in [0.5, 0.6) is 0 Å². The van der Waals surface area contributed by atoms with Crippen LogP contribution in [-0.4, -0.2) is 32.5 Å². The summed E-state index contributed by atoms with van der Waals surface area (Å²) in [5.41, 5.74) is 0.664. The summed E-state index contributed by atoms with van der Waals surface area (Å²) in [6.45, 7) is 3.33. The summed E-state index contributed by atoms with van der Waals surface area (Å²) in [6, 6.07) is 5.13. The number of nitrogens with zero attached hydrogens (tertiary/aromatic N) is 2. The topological polar surface area (TPSA) is 92.2 Å². The van der Waals surface area contributed by atoms with Crippen LogP contribution in [0.2, 0.25) is 0 Å². The third-order valence-electron chi connectivity index (χ3n) is 2.79. The molecule has 0 saturated carbocycles. The second-order valence-electron chi connectivity index (χ2n) is 5.14. The highest BCUT2D eigenvalue weighted by Crippen LogP contribution is 2.16. The fourth-order valence-electron chi connectivity index (χ4n) is 1.97. The maximum atomic E-state index is 12.3. The Labute approximate surface area is 115 Å². The molecule has 0 fully saturated rings. The number of aliphatic carboxylic acids is 1. The molecule has 6 nitrogen and oxygen atoms in total. The van der Waals surface area contributed by atoms with E-state index in [1.807, 2.05) is 0 Å². The lowest BCUT2D eigenvalue weighted by Crippen LogP contribution is -2.45. The number of carboxylic acids is 1. The number of amides is 1. The monoisotopic (exact) mass is 273 g/mol. The second kappa shape index (κ2) is 5.24. The molecule has 1 aromatic heterocycles. The van der Waals surface area contributed by atoms with Crippen molar-refractivity contribution in [2.45, 2.75) is 25.8 Å². The molecule has 0 atom stereocenters. The highest BCUT2D eigenvalue weighted by atomic mass is 16.4. The van der Waals surface area contributed by atoms with E-state index in [9.17, 15) is 9.59 Å². The number of benzene rings is 1. The molecule has 0 radical (unpaired) electrons. The normalized spacial score (nSPS) is 11.3. The summed E-state index contributed by atoms with van der Waals surface area (Å²) < 4.78 is 0. The van der Waals surface area contributed by atoms with E-state index in [0.717, 1.165) is 0 Å². The van der Waals surface area contributed by atoms with Crippen molar-refractivity contribution < 1.29 is 14.7 Å². The number of aromatic nitrogens is 2. The van der Waals surface area contributed by atoms with Crippen LogP contribution in [0.1, 0.15) is 30.6 Å². The van der Waals surface area contributed by atoms with Gasteiger partial charge in [0.15, 0.2) is 0 Å². The molecule has 1 aromatic carbocycles. The Morgan fingerprint density at radius 1 is 1.25 bits per heavy atom. The Balaban J connectivity index is 2.30. The van der Waals surface area contributed by atoms with Crippen molar-refractivity contribution in [2.75, 3.05) is 0 Å².